The molecule has 1 amide bonds. The zero-order valence-electron chi connectivity index (χ0n) is 9.30. The van der Waals surface area contributed by atoms with Crippen LogP contribution in [0.3, 0.4) is 0 Å². The number of nitrogens with one attached hydrogen (secondary N) is 1. The molecule has 1 aromatic heterocycles. The number of aliphatic carboxylic acids is 1. The van der Waals surface area contributed by atoms with Gasteiger partial charge < -0.3 is 15.2 Å². The second kappa shape index (κ2) is 6.82. The lowest BCUT2D eigenvalue weighted by Crippen LogP contribution is -2.26. The highest BCUT2D eigenvalue weighted by Crippen LogP contribution is 2.17. The average molecular weight is 255 g/mol. The molecule has 0 spiro atoms. The minimum atomic E-state index is -0.995. The van der Waals surface area contributed by atoms with Gasteiger partial charge in [0.25, 0.3) is 0 Å². The Morgan fingerprint density at radius 2 is 2.35 bits per heavy atom. The molecule has 6 heteroatoms. The molecule has 5 nitrogen and oxygen atoms in total. The van der Waals surface area contributed by atoms with E-state index < -0.39 is 5.97 Å². The Morgan fingerprint density at radius 1 is 1.59 bits per heavy atom. The molecule has 0 unspecified atom stereocenters. The van der Waals surface area contributed by atoms with Gasteiger partial charge in [0.2, 0.25) is 5.91 Å². The van der Waals surface area contributed by atoms with Crippen molar-refractivity contribution in [3.63, 3.8) is 0 Å². The highest BCUT2D eigenvalue weighted by molar-refractivity contribution is 7.10. The molecule has 0 radical (unpaired) electrons. The molecule has 0 aliphatic carbocycles. The lowest BCUT2D eigenvalue weighted by molar-refractivity contribution is -0.131. The highest BCUT2D eigenvalue weighted by atomic mass is 32.1. The van der Waals surface area contributed by atoms with Gasteiger partial charge in [-0.25, -0.2) is 4.79 Å². The number of ether oxygens (including phenoxy) is 1. The molecule has 92 valence electrons. The number of amides is 1. The van der Waals surface area contributed by atoms with Crippen LogP contribution in [0.15, 0.2) is 17.5 Å². The van der Waals surface area contributed by atoms with Crippen molar-refractivity contribution in [3.8, 4) is 0 Å². The molecule has 1 rings (SSSR count). The van der Waals surface area contributed by atoms with E-state index in [1.54, 1.807) is 0 Å². The molecule has 0 saturated heterocycles. The van der Waals surface area contributed by atoms with Gasteiger partial charge in [-0.2, -0.15) is 0 Å². The number of carboxylic acid groups (broad SMARTS) is 1. The van der Waals surface area contributed by atoms with E-state index in [9.17, 15) is 9.59 Å². The van der Waals surface area contributed by atoms with E-state index in [0.717, 1.165) is 16.5 Å². The van der Waals surface area contributed by atoms with Crippen LogP contribution in [0.1, 0.15) is 10.4 Å². The maximum Gasteiger partial charge on any atom is 0.328 e. The number of carbonyl (C=O) groups is 2. The van der Waals surface area contributed by atoms with E-state index in [1.807, 2.05) is 11.4 Å². The Morgan fingerprint density at radius 3 is 3.00 bits per heavy atom. The van der Waals surface area contributed by atoms with Crippen LogP contribution >= 0.6 is 11.3 Å². The molecule has 0 bridgehead atoms. The van der Waals surface area contributed by atoms with Crippen LogP contribution in [0.25, 0.3) is 6.08 Å². The largest absolute Gasteiger partial charge is 0.478 e. The molecule has 0 fully saturated rings. The predicted octanol–water partition coefficient (Wildman–Crippen LogP) is 1.11. The average Bonchev–Trinajstić information content (AvgIpc) is 2.71. The van der Waals surface area contributed by atoms with Crippen LogP contribution in [0.4, 0.5) is 0 Å². The van der Waals surface area contributed by atoms with Crippen LogP contribution in [0.5, 0.6) is 0 Å². The number of carboxylic acids is 1. The summed E-state index contributed by atoms with van der Waals surface area (Å²) in [5, 5.41) is 13.0. The van der Waals surface area contributed by atoms with Crippen molar-refractivity contribution in [1.82, 2.24) is 5.32 Å². The van der Waals surface area contributed by atoms with Gasteiger partial charge in [0, 0.05) is 18.1 Å². The molecule has 0 atom stereocenters. The Bertz CT molecular complexity index is 425. The van der Waals surface area contributed by atoms with E-state index in [2.05, 4.69) is 10.1 Å². The Labute approximate surface area is 103 Å². The van der Waals surface area contributed by atoms with Crippen molar-refractivity contribution < 1.29 is 19.4 Å². The van der Waals surface area contributed by atoms with E-state index in [4.69, 9.17) is 5.11 Å². The van der Waals surface area contributed by atoms with E-state index >= 15 is 0 Å². The molecule has 0 aliphatic heterocycles. The maximum atomic E-state index is 11.2. The van der Waals surface area contributed by atoms with Crippen molar-refractivity contribution >= 4 is 29.3 Å². The van der Waals surface area contributed by atoms with Crippen LogP contribution in [0, 0.1) is 0 Å². The standard InChI is InChI=1S/C11H13NO4S/c1-16-7-10(13)12-6-9-8(4-5-17-9)2-3-11(14)15/h2-5H,6-7H2,1H3,(H,12,13)(H,14,15). The van der Waals surface area contributed by atoms with Gasteiger partial charge in [-0.05, 0) is 23.1 Å². The minimum Gasteiger partial charge on any atom is -0.478 e. The van der Waals surface area contributed by atoms with Crippen LogP contribution in [0.2, 0.25) is 0 Å². The first-order valence-corrected chi connectivity index (χ1v) is 5.74. The first-order valence-electron chi connectivity index (χ1n) is 4.86. The second-order valence-corrected chi connectivity index (χ2v) is 4.18. The summed E-state index contributed by atoms with van der Waals surface area (Å²) in [5.41, 5.74) is 0.801. The van der Waals surface area contributed by atoms with Gasteiger partial charge in [0.05, 0.1) is 6.54 Å². The van der Waals surface area contributed by atoms with Gasteiger partial charge in [0.1, 0.15) is 6.61 Å². The van der Waals surface area contributed by atoms with Crippen molar-refractivity contribution in [2.24, 2.45) is 0 Å². The molecule has 1 aromatic rings. The van der Waals surface area contributed by atoms with E-state index in [0.29, 0.717) is 6.54 Å². The van der Waals surface area contributed by atoms with Crippen molar-refractivity contribution in [2.45, 2.75) is 6.54 Å². The Balaban J connectivity index is 2.57. The SMILES string of the molecule is COCC(=O)NCc1sccc1C=CC(=O)O. The zero-order chi connectivity index (χ0) is 12.7. The summed E-state index contributed by atoms with van der Waals surface area (Å²) in [6.45, 7) is 0.394. The van der Waals surface area contributed by atoms with Crippen LogP contribution in [-0.2, 0) is 20.9 Å². The third kappa shape index (κ3) is 4.80. The van der Waals surface area contributed by atoms with Crippen molar-refractivity contribution in [1.29, 1.82) is 0 Å². The van der Waals surface area contributed by atoms with Crippen molar-refractivity contribution in [2.75, 3.05) is 13.7 Å². The summed E-state index contributed by atoms with van der Waals surface area (Å²) < 4.78 is 4.68. The number of thiophene rings is 1. The smallest absolute Gasteiger partial charge is 0.328 e. The number of hydrogen-bond donors (Lipinski definition) is 2. The Hall–Kier alpha value is -1.66. The van der Waals surface area contributed by atoms with Gasteiger partial charge in [-0.15, -0.1) is 11.3 Å². The van der Waals surface area contributed by atoms with E-state index in [-0.39, 0.29) is 12.5 Å². The quantitative estimate of drug-likeness (QED) is 0.747. The topological polar surface area (TPSA) is 75.6 Å². The van der Waals surface area contributed by atoms with Gasteiger partial charge in [-0.3, -0.25) is 4.79 Å². The lowest BCUT2D eigenvalue weighted by atomic mass is 10.2. The van der Waals surface area contributed by atoms with Gasteiger partial charge in [-0.1, -0.05) is 0 Å². The molecule has 1 heterocycles. The number of hydrogen-bond acceptors (Lipinski definition) is 4. The summed E-state index contributed by atoms with van der Waals surface area (Å²) in [4.78, 5) is 22.5. The van der Waals surface area contributed by atoms with Gasteiger partial charge in [0.15, 0.2) is 0 Å². The summed E-state index contributed by atoms with van der Waals surface area (Å²) in [7, 11) is 1.45. The van der Waals surface area contributed by atoms with E-state index in [1.165, 1.54) is 24.5 Å². The summed E-state index contributed by atoms with van der Waals surface area (Å²) >= 11 is 1.46. The summed E-state index contributed by atoms with van der Waals surface area (Å²) in [6, 6.07) is 1.81. The molecule has 0 aliphatic rings. The van der Waals surface area contributed by atoms with Crippen LogP contribution in [-0.4, -0.2) is 30.7 Å². The molecular formula is C11H13NO4S. The Kier molecular flexibility index (Phi) is 5.38. The fourth-order valence-corrected chi connectivity index (χ4v) is 1.97. The second-order valence-electron chi connectivity index (χ2n) is 3.18. The maximum absolute atomic E-state index is 11.2. The van der Waals surface area contributed by atoms with Gasteiger partial charge >= 0.3 is 5.97 Å². The molecular weight excluding hydrogens is 242 g/mol. The number of carbonyl (C=O) groups excluding carboxylic acids is 1. The van der Waals surface area contributed by atoms with Crippen LogP contribution < -0.4 is 5.32 Å². The molecule has 17 heavy (non-hydrogen) atoms. The molecule has 0 saturated carbocycles. The first-order chi connectivity index (χ1) is 8.13. The zero-order valence-corrected chi connectivity index (χ0v) is 10.1. The monoisotopic (exact) mass is 255 g/mol. The fraction of sp³-hybridized carbons (Fsp3) is 0.273. The lowest BCUT2D eigenvalue weighted by Gasteiger charge is -2.03. The summed E-state index contributed by atoms with van der Waals surface area (Å²) in [5.74, 6) is -1.19. The fourth-order valence-electron chi connectivity index (χ4n) is 1.16. The first kappa shape index (κ1) is 13.4. The third-order valence-corrected chi connectivity index (χ3v) is 2.84. The van der Waals surface area contributed by atoms with Crippen molar-refractivity contribution in [3.05, 3.63) is 28.0 Å². The normalized spacial score (nSPS) is 10.6. The highest BCUT2D eigenvalue weighted by Gasteiger charge is 2.04. The summed E-state index contributed by atoms with van der Waals surface area (Å²) in [6.07, 6.45) is 2.58. The number of rotatable bonds is 6. The molecule has 0 aromatic carbocycles. The third-order valence-electron chi connectivity index (χ3n) is 1.91. The molecule has 2 N–H and O–H groups in total. The predicted molar refractivity (Wildman–Crippen MR) is 64.7 cm³/mol. The minimum absolute atomic E-state index is 0.0195. The number of methoxy groups -OCH3 is 1.